The second-order valence-electron chi connectivity index (χ2n) is 4.83. The van der Waals surface area contributed by atoms with Crippen molar-refractivity contribution in [1.29, 1.82) is 0 Å². The summed E-state index contributed by atoms with van der Waals surface area (Å²) in [5, 5.41) is 4.14. The molecule has 1 saturated heterocycles. The number of rotatable bonds is 2. The summed E-state index contributed by atoms with van der Waals surface area (Å²) in [4.78, 5) is 2.09. The van der Waals surface area contributed by atoms with Gasteiger partial charge in [-0.25, -0.2) is 8.78 Å². The molecule has 1 fully saturated rings. The SMILES string of the molecule is Cn1nccc1N1CCC[C@@H]1c1cc(F)ccc1F. The number of hydrogen-bond acceptors (Lipinski definition) is 2. The molecule has 100 valence electrons. The minimum absolute atomic E-state index is 0.119. The fourth-order valence-electron chi connectivity index (χ4n) is 2.78. The number of nitrogens with zero attached hydrogens (tertiary/aromatic N) is 3. The Kier molecular flexibility index (Phi) is 2.97. The molecule has 0 aliphatic carbocycles. The van der Waals surface area contributed by atoms with Gasteiger partial charge in [-0.3, -0.25) is 4.68 Å². The Bertz CT molecular complexity index is 594. The van der Waals surface area contributed by atoms with Crippen LogP contribution in [0.3, 0.4) is 0 Å². The standard InChI is InChI=1S/C14H15F2N3/c1-18-14(6-7-17-18)19-8-2-3-13(19)11-9-10(15)4-5-12(11)16/h4-7,9,13H,2-3,8H2,1H3/t13-/m1/s1. The summed E-state index contributed by atoms with van der Waals surface area (Å²) >= 11 is 0. The second-order valence-corrected chi connectivity index (χ2v) is 4.83. The molecule has 0 N–H and O–H groups in total. The lowest BCUT2D eigenvalue weighted by Crippen LogP contribution is -2.25. The molecule has 1 aliphatic rings. The highest BCUT2D eigenvalue weighted by Crippen LogP contribution is 2.36. The lowest BCUT2D eigenvalue weighted by molar-refractivity contribution is 0.557. The van der Waals surface area contributed by atoms with Gasteiger partial charge in [0.15, 0.2) is 0 Å². The summed E-state index contributed by atoms with van der Waals surface area (Å²) in [6.45, 7) is 0.833. The molecule has 3 rings (SSSR count). The Morgan fingerprint density at radius 1 is 1.26 bits per heavy atom. The molecule has 0 unspecified atom stereocenters. The van der Waals surface area contributed by atoms with Gasteiger partial charge in [-0.15, -0.1) is 0 Å². The van der Waals surface area contributed by atoms with Gasteiger partial charge in [0.25, 0.3) is 0 Å². The number of benzene rings is 1. The zero-order valence-electron chi connectivity index (χ0n) is 10.7. The van der Waals surface area contributed by atoms with E-state index in [1.54, 1.807) is 10.9 Å². The van der Waals surface area contributed by atoms with E-state index in [-0.39, 0.29) is 11.9 Å². The van der Waals surface area contributed by atoms with Crippen molar-refractivity contribution in [3.8, 4) is 0 Å². The maximum atomic E-state index is 13.9. The van der Waals surface area contributed by atoms with Crippen LogP contribution in [0.1, 0.15) is 24.4 Å². The molecule has 0 spiro atoms. The van der Waals surface area contributed by atoms with Crippen LogP contribution in [0.15, 0.2) is 30.5 Å². The van der Waals surface area contributed by atoms with E-state index in [1.165, 1.54) is 12.1 Å². The highest BCUT2D eigenvalue weighted by molar-refractivity contribution is 5.44. The minimum atomic E-state index is -0.395. The Morgan fingerprint density at radius 3 is 2.84 bits per heavy atom. The second kappa shape index (κ2) is 4.64. The van der Waals surface area contributed by atoms with Crippen LogP contribution in [-0.2, 0) is 7.05 Å². The first-order valence-corrected chi connectivity index (χ1v) is 6.36. The van der Waals surface area contributed by atoms with Crippen molar-refractivity contribution in [2.75, 3.05) is 11.4 Å². The van der Waals surface area contributed by atoms with Crippen LogP contribution in [0, 0.1) is 11.6 Å². The highest BCUT2D eigenvalue weighted by atomic mass is 19.1. The molecule has 2 heterocycles. The van der Waals surface area contributed by atoms with Gasteiger partial charge in [-0.2, -0.15) is 5.10 Å². The molecule has 19 heavy (non-hydrogen) atoms. The molecule has 1 aromatic carbocycles. The predicted molar refractivity (Wildman–Crippen MR) is 68.9 cm³/mol. The van der Waals surface area contributed by atoms with Gasteiger partial charge in [0, 0.05) is 25.2 Å². The fourth-order valence-corrected chi connectivity index (χ4v) is 2.78. The molecular weight excluding hydrogens is 248 g/mol. The average molecular weight is 263 g/mol. The summed E-state index contributed by atoms with van der Waals surface area (Å²) in [6.07, 6.45) is 3.50. The van der Waals surface area contributed by atoms with E-state index in [1.807, 2.05) is 13.1 Å². The van der Waals surface area contributed by atoms with E-state index in [0.717, 1.165) is 31.3 Å². The van der Waals surface area contributed by atoms with Gasteiger partial charge < -0.3 is 4.90 Å². The fraction of sp³-hybridized carbons (Fsp3) is 0.357. The van der Waals surface area contributed by atoms with Gasteiger partial charge >= 0.3 is 0 Å². The summed E-state index contributed by atoms with van der Waals surface area (Å²) in [5.74, 6) is 0.194. The van der Waals surface area contributed by atoms with E-state index >= 15 is 0 Å². The first-order chi connectivity index (χ1) is 9.16. The molecule has 0 amide bonds. The summed E-state index contributed by atoms with van der Waals surface area (Å²) < 4.78 is 29.0. The molecule has 3 nitrogen and oxygen atoms in total. The Labute approximate surface area is 110 Å². The number of anilines is 1. The van der Waals surface area contributed by atoms with E-state index in [2.05, 4.69) is 10.00 Å². The van der Waals surface area contributed by atoms with E-state index in [0.29, 0.717) is 5.56 Å². The van der Waals surface area contributed by atoms with Crippen LogP contribution >= 0.6 is 0 Å². The average Bonchev–Trinajstić information content (AvgIpc) is 3.00. The quantitative estimate of drug-likeness (QED) is 0.830. The highest BCUT2D eigenvalue weighted by Gasteiger charge is 2.30. The van der Waals surface area contributed by atoms with E-state index in [4.69, 9.17) is 0 Å². The van der Waals surface area contributed by atoms with Crippen molar-refractivity contribution in [3.05, 3.63) is 47.7 Å². The van der Waals surface area contributed by atoms with Gasteiger partial charge in [0.1, 0.15) is 17.5 Å². The van der Waals surface area contributed by atoms with Crippen LogP contribution in [0.4, 0.5) is 14.6 Å². The van der Waals surface area contributed by atoms with Crippen LogP contribution in [0.25, 0.3) is 0 Å². The third kappa shape index (κ3) is 2.09. The predicted octanol–water partition coefficient (Wildman–Crippen LogP) is 3.04. The van der Waals surface area contributed by atoms with E-state index in [9.17, 15) is 8.78 Å². The van der Waals surface area contributed by atoms with E-state index < -0.39 is 5.82 Å². The lowest BCUT2D eigenvalue weighted by Gasteiger charge is -2.27. The molecule has 0 saturated carbocycles. The zero-order chi connectivity index (χ0) is 13.4. The van der Waals surface area contributed by atoms with Gasteiger partial charge in [-0.05, 0) is 31.0 Å². The monoisotopic (exact) mass is 263 g/mol. The molecule has 0 bridgehead atoms. The van der Waals surface area contributed by atoms with Crippen molar-refractivity contribution < 1.29 is 8.78 Å². The van der Waals surface area contributed by atoms with Crippen molar-refractivity contribution in [3.63, 3.8) is 0 Å². The van der Waals surface area contributed by atoms with Crippen LogP contribution in [0.5, 0.6) is 0 Å². The molecule has 1 aromatic heterocycles. The Balaban J connectivity index is 2.00. The third-order valence-electron chi connectivity index (χ3n) is 3.66. The van der Waals surface area contributed by atoms with Crippen molar-refractivity contribution in [2.24, 2.45) is 7.05 Å². The van der Waals surface area contributed by atoms with Crippen molar-refractivity contribution in [1.82, 2.24) is 9.78 Å². The Morgan fingerprint density at radius 2 is 2.11 bits per heavy atom. The van der Waals surface area contributed by atoms with Crippen molar-refractivity contribution >= 4 is 5.82 Å². The summed E-state index contributed by atoms with van der Waals surface area (Å²) in [7, 11) is 1.85. The van der Waals surface area contributed by atoms with Gasteiger partial charge in [-0.1, -0.05) is 0 Å². The normalized spacial score (nSPS) is 19.1. The maximum Gasteiger partial charge on any atom is 0.128 e. The molecular formula is C14H15F2N3. The lowest BCUT2D eigenvalue weighted by atomic mass is 10.0. The Hall–Kier alpha value is -1.91. The van der Waals surface area contributed by atoms with Crippen LogP contribution in [-0.4, -0.2) is 16.3 Å². The summed E-state index contributed by atoms with van der Waals surface area (Å²) in [6, 6.07) is 5.43. The first-order valence-electron chi connectivity index (χ1n) is 6.36. The van der Waals surface area contributed by atoms with Crippen molar-refractivity contribution in [2.45, 2.75) is 18.9 Å². The number of aromatic nitrogens is 2. The zero-order valence-corrected chi connectivity index (χ0v) is 10.7. The minimum Gasteiger partial charge on any atom is -0.350 e. The topological polar surface area (TPSA) is 21.1 Å². The molecule has 0 radical (unpaired) electrons. The largest absolute Gasteiger partial charge is 0.350 e. The van der Waals surface area contributed by atoms with Crippen LogP contribution < -0.4 is 4.90 Å². The van der Waals surface area contributed by atoms with Gasteiger partial charge in [0.2, 0.25) is 0 Å². The molecule has 2 aromatic rings. The van der Waals surface area contributed by atoms with Gasteiger partial charge in [0.05, 0.1) is 12.2 Å². The maximum absolute atomic E-state index is 13.9. The number of halogens is 2. The molecule has 1 aliphatic heterocycles. The molecule has 5 heteroatoms. The third-order valence-corrected chi connectivity index (χ3v) is 3.66. The smallest absolute Gasteiger partial charge is 0.128 e. The summed E-state index contributed by atoms with van der Waals surface area (Å²) in [5.41, 5.74) is 0.429. The molecule has 1 atom stereocenters. The number of aryl methyl sites for hydroxylation is 1. The first kappa shape index (κ1) is 12.1. The van der Waals surface area contributed by atoms with Crippen LogP contribution in [0.2, 0.25) is 0 Å². The number of hydrogen-bond donors (Lipinski definition) is 0.